The van der Waals surface area contributed by atoms with Gasteiger partial charge in [0.1, 0.15) is 19.1 Å². The number of nitrogens with zero attached hydrogens (tertiary/aromatic N) is 1. The second kappa shape index (κ2) is 6.43. The van der Waals surface area contributed by atoms with Crippen molar-refractivity contribution in [3.8, 4) is 0 Å². The number of fused-ring (bicyclic) bond motifs is 1. The largest absolute Gasteiger partial charge is 0.349 e. The lowest BCUT2D eigenvalue weighted by Gasteiger charge is -2.22. The minimum absolute atomic E-state index is 0.124. The van der Waals surface area contributed by atoms with E-state index < -0.39 is 8.24 Å². The molecule has 3 N–H and O–H groups in total. The number of hydrogen-bond acceptors (Lipinski definition) is 3. The fourth-order valence-electron chi connectivity index (χ4n) is 2.93. The van der Waals surface area contributed by atoms with Gasteiger partial charge in [-0.1, -0.05) is 42.7 Å². The number of halogens is 2. The summed E-state index contributed by atoms with van der Waals surface area (Å²) >= 11 is 12.1. The summed E-state index contributed by atoms with van der Waals surface area (Å²) < 4.78 is 0. The molecule has 1 amide bonds. The minimum Gasteiger partial charge on any atom is -0.349 e. The van der Waals surface area contributed by atoms with E-state index in [1.807, 2.05) is 0 Å². The van der Waals surface area contributed by atoms with Crippen LogP contribution in [0.5, 0.6) is 0 Å². The molecular weight excluding hydrogens is 351 g/mol. The zero-order valence-corrected chi connectivity index (χ0v) is 15.7. The fourth-order valence-corrected chi connectivity index (χ4v) is 5.35. The Morgan fingerprint density at radius 3 is 3.00 bits per heavy atom. The van der Waals surface area contributed by atoms with Gasteiger partial charge in [0.25, 0.3) is 5.91 Å². The molecular formula is C15H20Cl2N4OSi. The number of amides is 1. The molecule has 2 aromatic rings. The van der Waals surface area contributed by atoms with E-state index in [2.05, 4.69) is 33.4 Å². The lowest BCUT2D eigenvalue weighted by Crippen LogP contribution is -2.49. The quantitative estimate of drug-likeness (QED) is 0.559. The fraction of sp³-hybridized carbons (Fsp3) is 0.467. The zero-order valence-electron chi connectivity index (χ0n) is 13.2. The Morgan fingerprint density at radius 2 is 2.22 bits per heavy atom. The van der Waals surface area contributed by atoms with Crippen LogP contribution in [0, 0.1) is 0 Å². The number of pyridine rings is 1. The smallest absolute Gasteiger partial charge is 0.267 e. The Hall–Kier alpha value is -1.08. The summed E-state index contributed by atoms with van der Waals surface area (Å²) in [5.41, 5.74) is 1.18. The Bertz CT molecular complexity index is 746. The number of aromatic nitrogens is 2. The van der Waals surface area contributed by atoms with Crippen LogP contribution in [0.1, 0.15) is 23.3 Å². The van der Waals surface area contributed by atoms with E-state index in [0.717, 1.165) is 19.4 Å². The van der Waals surface area contributed by atoms with Crippen molar-refractivity contribution >= 4 is 48.2 Å². The SMILES string of the molecule is C[Si]1(C)CCCC(NC(=O)c2cc3c(Cl)c(Cl)ncc3[nH]2)CN1. The summed E-state index contributed by atoms with van der Waals surface area (Å²) in [5.74, 6) is -0.124. The van der Waals surface area contributed by atoms with Crippen LogP contribution < -0.4 is 10.3 Å². The van der Waals surface area contributed by atoms with E-state index >= 15 is 0 Å². The molecule has 1 unspecified atom stereocenters. The van der Waals surface area contributed by atoms with Gasteiger partial charge in [-0.25, -0.2) is 4.98 Å². The van der Waals surface area contributed by atoms with Gasteiger partial charge in [0.15, 0.2) is 0 Å². The molecule has 1 saturated heterocycles. The molecule has 8 heteroatoms. The highest BCUT2D eigenvalue weighted by molar-refractivity contribution is 6.75. The Morgan fingerprint density at radius 1 is 1.43 bits per heavy atom. The molecule has 124 valence electrons. The van der Waals surface area contributed by atoms with Gasteiger partial charge in [0.05, 0.1) is 16.7 Å². The number of carbonyl (C=O) groups is 1. The van der Waals surface area contributed by atoms with Crippen LogP contribution in [-0.2, 0) is 0 Å². The molecule has 0 aliphatic carbocycles. The second-order valence-corrected chi connectivity index (χ2v) is 12.1. The molecule has 23 heavy (non-hydrogen) atoms. The van der Waals surface area contributed by atoms with E-state index in [-0.39, 0.29) is 17.1 Å². The zero-order chi connectivity index (χ0) is 16.6. The van der Waals surface area contributed by atoms with Gasteiger partial charge in [-0.05, 0) is 18.5 Å². The lowest BCUT2D eigenvalue weighted by atomic mass is 10.1. The standard InChI is InChI=1S/C15H20Cl2N4OSi/c1-23(2)5-3-4-9(7-19-23)20-15(22)11-6-10-12(21-11)8-18-14(17)13(10)16/h6,8-9,19,21H,3-5,7H2,1-2H3,(H,20,22). The third-order valence-corrected chi connectivity index (χ3v) is 7.86. The summed E-state index contributed by atoms with van der Waals surface area (Å²) in [5, 5.41) is 4.42. The van der Waals surface area contributed by atoms with E-state index in [0.29, 0.717) is 21.6 Å². The second-order valence-electron chi connectivity index (χ2n) is 6.70. The van der Waals surface area contributed by atoms with Crippen LogP contribution >= 0.6 is 23.2 Å². The highest BCUT2D eigenvalue weighted by Crippen LogP contribution is 2.29. The van der Waals surface area contributed by atoms with Gasteiger partial charge in [-0.3, -0.25) is 4.79 Å². The van der Waals surface area contributed by atoms with E-state index in [4.69, 9.17) is 23.2 Å². The topological polar surface area (TPSA) is 69.8 Å². The molecule has 0 radical (unpaired) electrons. The first-order valence-corrected chi connectivity index (χ1v) is 11.7. The number of aromatic amines is 1. The molecule has 1 atom stereocenters. The monoisotopic (exact) mass is 370 g/mol. The molecule has 3 heterocycles. The van der Waals surface area contributed by atoms with Crippen LogP contribution in [0.25, 0.3) is 10.9 Å². The van der Waals surface area contributed by atoms with E-state index in [9.17, 15) is 4.79 Å². The molecule has 5 nitrogen and oxygen atoms in total. The van der Waals surface area contributed by atoms with Gasteiger partial charge in [-0.2, -0.15) is 0 Å². The molecule has 0 bridgehead atoms. The number of hydrogen-bond donors (Lipinski definition) is 3. The van der Waals surface area contributed by atoms with Crippen molar-refractivity contribution in [3.05, 3.63) is 28.1 Å². The molecule has 1 fully saturated rings. The number of H-pyrrole nitrogens is 1. The van der Waals surface area contributed by atoms with Crippen LogP contribution in [-0.4, -0.2) is 36.7 Å². The normalized spacial score (nSPS) is 21.1. The molecule has 1 aliphatic rings. The van der Waals surface area contributed by atoms with Crippen LogP contribution in [0.15, 0.2) is 12.3 Å². The minimum atomic E-state index is -1.30. The maximum Gasteiger partial charge on any atom is 0.267 e. The predicted molar refractivity (Wildman–Crippen MR) is 96.9 cm³/mol. The number of carbonyl (C=O) groups excluding carboxylic acids is 1. The first kappa shape index (κ1) is 16.8. The maximum atomic E-state index is 12.5. The number of rotatable bonds is 2. The maximum absolute atomic E-state index is 12.5. The van der Waals surface area contributed by atoms with E-state index in [1.165, 1.54) is 6.04 Å². The number of nitrogens with one attached hydrogen (secondary N) is 3. The summed E-state index contributed by atoms with van der Waals surface area (Å²) in [6, 6.07) is 3.12. The highest BCUT2D eigenvalue weighted by atomic mass is 35.5. The van der Waals surface area contributed by atoms with Crippen molar-refractivity contribution < 1.29 is 4.79 Å². The first-order valence-electron chi connectivity index (χ1n) is 7.74. The third-order valence-electron chi connectivity index (χ3n) is 4.33. The molecule has 0 aromatic carbocycles. The van der Waals surface area contributed by atoms with Crippen LogP contribution in [0.3, 0.4) is 0 Å². The van der Waals surface area contributed by atoms with Crippen molar-refractivity contribution in [2.24, 2.45) is 0 Å². The molecule has 1 aliphatic heterocycles. The van der Waals surface area contributed by atoms with Crippen molar-refractivity contribution in [2.45, 2.75) is 38.0 Å². The average molecular weight is 371 g/mol. The van der Waals surface area contributed by atoms with E-state index in [1.54, 1.807) is 12.3 Å². The molecule has 0 saturated carbocycles. The Balaban J connectivity index is 1.75. The molecule has 2 aromatic heterocycles. The summed E-state index contributed by atoms with van der Waals surface area (Å²) in [6.07, 6.45) is 3.74. The average Bonchev–Trinajstić information content (AvgIpc) is 2.86. The highest BCUT2D eigenvalue weighted by Gasteiger charge is 2.26. The third kappa shape index (κ3) is 3.71. The molecule has 3 rings (SSSR count). The van der Waals surface area contributed by atoms with Gasteiger partial charge < -0.3 is 15.3 Å². The van der Waals surface area contributed by atoms with Crippen molar-refractivity contribution in [1.29, 1.82) is 0 Å². The summed E-state index contributed by atoms with van der Waals surface area (Å²) in [7, 11) is -1.30. The molecule has 0 spiro atoms. The Kier molecular flexibility index (Phi) is 4.69. The lowest BCUT2D eigenvalue weighted by molar-refractivity contribution is 0.0931. The van der Waals surface area contributed by atoms with Crippen molar-refractivity contribution in [2.75, 3.05) is 6.54 Å². The van der Waals surface area contributed by atoms with Crippen LogP contribution in [0.2, 0.25) is 29.3 Å². The summed E-state index contributed by atoms with van der Waals surface area (Å²) in [4.78, 5) is 23.2. The predicted octanol–water partition coefficient (Wildman–Crippen LogP) is 3.56. The van der Waals surface area contributed by atoms with Crippen molar-refractivity contribution in [1.82, 2.24) is 20.3 Å². The first-order chi connectivity index (χ1) is 10.9. The summed E-state index contributed by atoms with van der Waals surface area (Å²) in [6.45, 7) is 5.49. The van der Waals surface area contributed by atoms with Crippen molar-refractivity contribution in [3.63, 3.8) is 0 Å². The van der Waals surface area contributed by atoms with Crippen LogP contribution in [0.4, 0.5) is 0 Å². The van der Waals surface area contributed by atoms with Gasteiger partial charge in [0, 0.05) is 18.0 Å². The van der Waals surface area contributed by atoms with Gasteiger partial charge >= 0.3 is 0 Å². The Labute approximate surface area is 146 Å². The van der Waals surface area contributed by atoms with Gasteiger partial charge in [-0.15, -0.1) is 0 Å². The van der Waals surface area contributed by atoms with Gasteiger partial charge in [0.2, 0.25) is 0 Å².